The Labute approximate surface area is 154 Å². The molecule has 0 spiro atoms. The minimum Gasteiger partial charge on any atom is -0.494 e. The van der Waals surface area contributed by atoms with E-state index in [1.807, 2.05) is 31.2 Å². The second kappa shape index (κ2) is 10.2. The van der Waals surface area contributed by atoms with E-state index in [0.29, 0.717) is 26.0 Å². The number of benzene rings is 2. The molecule has 2 aromatic rings. The summed E-state index contributed by atoms with van der Waals surface area (Å²) in [7, 11) is 0. The van der Waals surface area contributed by atoms with Crippen LogP contribution < -0.4 is 10.1 Å². The van der Waals surface area contributed by atoms with Crippen molar-refractivity contribution in [2.45, 2.75) is 32.6 Å². The fraction of sp³-hybridized carbons (Fsp3) is 0.333. The molecule has 0 heterocycles. The summed E-state index contributed by atoms with van der Waals surface area (Å²) >= 11 is 0. The molecule has 0 aliphatic carbocycles. The molecule has 0 aliphatic heterocycles. The van der Waals surface area contributed by atoms with Gasteiger partial charge in [-0.05, 0) is 61.6 Å². The molecule has 0 radical (unpaired) electrons. The van der Waals surface area contributed by atoms with Gasteiger partial charge in [0, 0.05) is 13.0 Å². The lowest BCUT2D eigenvalue weighted by Crippen LogP contribution is -2.25. The Hall–Kier alpha value is -2.82. The van der Waals surface area contributed by atoms with Gasteiger partial charge in [0.25, 0.3) is 0 Å². The van der Waals surface area contributed by atoms with Gasteiger partial charge in [0.05, 0.1) is 12.2 Å². The first-order valence-electron chi connectivity index (χ1n) is 8.83. The van der Waals surface area contributed by atoms with Crippen molar-refractivity contribution in [2.24, 2.45) is 0 Å². The number of carbonyl (C=O) groups excluding carboxylic acids is 1. The third-order valence-electron chi connectivity index (χ3n) is 3.99. The van der Waals surface area contributed by atoms with Crippen LogP contribution in [0.15, 0.2) is 48.5 Å². The second-order valence-electron chi connectivity index (χ2n) is 6.22. The fourth-order valence-electron chi connectivity index (χ4n) is 2.53. The van der Waals surface area contributed by atoms with Crippen molar-refractivity contribution >= 4 is 11.9 Å². The van der Waals surface area contributed by atoms with E-state index in [9.17, 15) is 9.59 Å². The number of hydrogen-bond acceptors (Lipinski definition) is 3. The maximum Gasteiger partial charge on any atom is 0.335 e. The minimum absolute atomic E-state index is 0.0303. The molecule has 5 nitrogen and oxygen atoms in total. The Morgan fingerprint density at radius 1 is 1.08 bits per heavy atom. The molecular weight excluding hydrogens is 330 g/mol. The molecule has 5 heteroatoms. The van der Waals surface area contributed by atoms with Crippen LogP contribution in [0.5, 0.6) is 5.75 Å². The highest BCUT2D eigenvalue weighted by Crippen LogP contribution is 2.13. The Bertz CT molecular complexity index is 725. The number of aromatic carboxylic acids is 1. The number of carbonyl (C=O) groups is 2. The van der Waals surface area contributed by atoms with Gasteiger partial charge < -0.3 is 15.2 Å². The smallest absolute Gasteiger partial charge is 0.335 e. The summed E-state index contributed by atoms with van der Waals surface area (Å²) in [5.74, 6) is -0.0395. The van der Waals surface area contributed by atoms with Crippen LogP contribution in [-0.4, -0.2) is 30.1 Å². The van der Waals surface area contributed by atoms with Gasteiger partial charge in [0.15, 0.2) is 0 Å². The van der Waals surface area contributed by atoms with Gasteiger partial charge in [-0.15, -0.1) is 0 Å². The van der Waals surface area contributed by atoms with E-state index in [1.165, 1.54) is 5.56 Å². The molecule has 0 atom stereocenters. The lowest BCUT2D eigenvalue weighted by atomic mass is 10.1. The number of nitrogens with one attached hydrogen (secondary N) is 1. The van der Waals surface area contributed by atoms with E-state index in [1.54, 1.807) is 24.3 Å². The van der Waals surface area contributed by atoms with Gasteiger partial charge in [0.1, 0.15) is 5.75 Å². The van der Waals surface area contributed by atoms with Crippen molar-refractivity contribution in [2.75, 3.05) is 13.2 Å². The number of ether oxygens (including phenoxy) is 1. The van der Waals surface area contributed by atoms with Gasteiger partial charge in [-0.3, -0.25) is 4.79 Å². The molecule has 0 fully saturated rings. The number of amides is 1. The number of rotatable bonds is 10. The predicted molar refractivity (Wildman–Crippen MR) is 101 cm³/mol. The zero-order valence-electron chi connectivity index (χ0n) is 15.0. The lowest BCUT2D eigenvalue weighted by molar-refractivity contribution is -0.121. The number of hydrogen-bond donors (Lipinski definition) is 2. The highest BCUT2D eigenvalue weighted by molar-refractivity contribution is 5.87. The lowest BCUT2D eigenvalue weighted by Gasteiger charge is -2.08. The summed E-state index contributed by atoms with van der Waals surface area (Å²) < 4.78 is 5.66. The van der Waals surface area contributed by atoms with Crippen molar-refractivity contribution in [3.8, 4) is 5.75 Å². The van der Waals surface area contributed by atoms with Crippen LogP contribution in [0, 0.1) is 6.92 Å². The van der Waals surface area contributed by atoms with Gasteiger partial charge in [-0.25, -0.2) is 4.79 Å². The summed E-state index contributed by atoms with van der Waals surface area (Å²) in [5.41, 5.74) is 2.44. The van der Waals surface area contributed by atoms with Crippen LogP contribution in [0.4, 0.5) is 0 Å². The predicted octanol–water partition coefficient (Wildman–Crippen LogP) is 3.60. The molecular formula is C21H25NO4. The highest BCUT2D eigenvalue weighted by atomic mass is 16.5. The second-order valence-corrected chi connectivity index (χ2v) is 6.22. The van der Waals surface area contributed by atoms with Crippen LogP contribution in [0.25, 0.3) is 0 Å². The molecule has 0 aliphatic rings. The van der Waals surface area contributed by atoms with E-state index in [4.69, 9.17) is 9.84 Å². The molecule has 2 rings (SSSR count). The van der Waals surface area contributed by atoms with Crippen molar-refractivity contribution in [1.29, 1.82) is 0 Å². The molecule has 0 saturated carbocycles. The summed E-state index contributed by atoms with van der Waals surface area (Å²) in [6, 6.07) is 14.6. The molecule has 0 unspecified atom stereocenters. The molecule has 2 aromatic carbocycles. The average Bonchev–Trinajstić information content (AvgIpc) is 2.62. The number of carboxylic acid groups (broad SMARTS) is 1. The van der Waals surface area contributed by atoms with E-state index in [0.717, 1.165) is 24.2 Å². The van der Waals surface area contributed by atoms with E-state index in [-0.39, 0.29) is 11.5 Å². The van der Waals surface area contributed by atoms with Crippen LogP contribution in [0.3, 0.4) is 0 Å². The number of aryl methyl sites for hydroxylation is 1. The van der Waals surface area contributed by atoms with Crippen LogP contribution in [0.1, 0.15) is 40.7 Å². The number of carboxylic acids is 1. The first-order chi connectivity index (χ1) is 12.5. The number of unbranched alkanes of at least 4 members (excludes halogenated alkanes) is 1. The molecule has 0 aromatic heterocycles. The van der Waals surface area contributed by atoms with Crippen LogP contribution in [-0.2, 0) is 11.2 Å². The largest absolute Gasteiger partial charge is 0.494 e. The normalized spacial score (nSPS) is 10.3. The van der Waals surface area contributed by atoms with Crippen molar-refractivity contribution < 1.29 is 19.4 Å². The standard InChI is InChI=1S/C21H25NO4/c1-16-5-4-6-19(15-16)26-14-3-2-7-20(23)22-13-12-17-8-10-18(11-9-17)21(24)25/h4-6,8-11,15H,2-3,7,12-14H2,1H3,(H,22,23)(H,24,25). The quantitative estimate of drug-likeness (QED) is 0.639. The summed E-state index contributed by atoms with van der Waals surface area (Å²) in [5, 5.41) is 11.7. The minimum atomic E-state index is -0.934. The Kier molecular flexibility index (Phi) is 7.68. The monoisotopic (exact) mass is 355 g/mol. The third-order valence-corrected chi connectivity index (χ3v) is 3.99. The van der Waals surface area contributed by atoms with E-state index >= 15 is 0 Å². The zero-order valence-corrected chi connectivity index (χ0v) is 15.0. The SMILES string of the molecule is Cc1cccc(OCCCCC(=O)NCCc2ccc(C(=O)O)cc2)c1. The summed E-state index contributed by atoms with van der Waals surface area (Å²) in [4.78, 5) is 22.6. The summed E-state index contributed by atoms with van der Waals surface area (Å²) in [6.45, 7) is 3.18. The van der Waals surface area contributed by atoms with Crippen molar-refractivity contribution in [3.63, 3.8) is 0 Å². The third kappa shape index (κ3) is 6.97. The molecule has 2 N–H and O–H groups in total. The highest BCUT2D eigenvalue weighted by Gasteiger charge is 2.04. The topological polar surface area (TPSA) is 75.6 Å². The van der Waals surface area contributed by atoms with Gasteiger partial charge in [0.2, 0.25) is 5.91 Å². The van der Waals surface area contributed by atoms with E-state index in [2.05, 4.69) is 5.32 Å². The molecule has 0 bridgehead atoms. The average molecular weight is 355 g/mol. The van der Waals surface area contributed by atoms with Gasteiger partial charge in [-0.2, -0.15) is 0 Å². The Morgan fingerprint density at radius 2 is 1.85 bits per heavy atom. The fourth-order valence-corrected chi connectivity index (χ4v) is 2.53. The maximum absolute atomic E-state index is 11.8. The maximum atomic E-state index is 11.8. The summed E-state index contributed by atoms with van der Waals surface area (Å²) in [6.07, 6.45) is 2.78. The van der Waals surface area contributed by atoms with Crippen LogP contribution in [0.2, 0.25) is 0 Å². The Morgan fingerprint density at radius 3 is 2.54 bits per heavy atom. The molecule has 26 heavy (non-hydrogen) atoms. The first kappa shape index (κ1) is 19.5. The first-order valence-corrected chi connectivity index (χ1v) is 8.83. The molecule has 1 amide bonds. The Balaban J connectivity index is 1.55. The van der Waals surface area contributed by atoms with Crippen molar-refractivity contribution in [3.05, 3.63) is 65.2 Å². The molecule has 0 saturated heterocycles. The molecule has 138 valence electrons. The zero-order chi connectivity index (χ0) is 18.8. The van der Waals surface area contributed by atoms with Crippen LogP contribution >= 0.6 is 0 Å². The van der Waals surface area contributed by atoms with Crippen molar-refractivity contribution in [1.82, 2.24) is 5.32 Å². The van der Waals surface area contributed by atoms with Gasteiger partial charge >= 0.3 is 5.97 Å². The van der Waals surface area contributed by atoms with Gasteiger partial charge in [-0.1, -0.05) is 24.3 Å². The van der Waals surface area contributed by atoms with E-state index < -0.39 is 5.97 Å².